The molecule has 5 rings (SSSR count). The number of β-lactam (4-membered cyclic amide) rings is 1. The van der Waals surface area contributed by atoms with Gasteiger partial charge in [-0.05, 0) is 6.07 Å². The van der Waals surface area contributed by atoms with E-state index in [0.29, 0.717) is 22.8 Å². The molecule has 2 atom stereocenters. The van der Waals surface area contributed by atoms with Crippen LogP contribution in [-0.2, 0) is 30.5 Å². The zero-order chi connectivity index (χ0) is 27.0. The van der Waals surface area contributed by atoms with E-state index in [4.69, 9.17) is 21.0 Å². The van der Waals surface area contributed by atoms with E-state index < -0.39 is 29.2 Å². The molecule has 1 fully saturated rings. The van der Waals surface area contributed by atoms with Gasteiger partial charge in [-0.1, -0.05) is 14.8 Å². The lowest BCUT2D eigenvalue weighted by molar-refractivity contribution is -0.662. The lowest BCUT2D eigenvalue weighted by Gasteiger charge is -2.49. The predicted octanol–water partition coefficient (Wildman–Crippen LogP) is -1.60. The van der Waals surface area contributed by atoms with Crippen LogP contribution in [0.15, 0.2) is 41.0 Å². The number of carbonyl (C=O) groups is 3. The van der Waals surface area contributed by atoms with Crippen LogP contribution in [0.3, 0.4) is 0 Å². The number of nitrogen functional groups attached to an aromatic ring is 2. The molecule has 0 saturated carbocycles. The second-order valence-electron chi connectivity index (χ2n) is 8.04. The van der Waals surface area contributed by atoms with Crippen LogP contribution in [0.1, 0.15) is 5.82 Å². The van der Waals surface area contributed by atoms with Gasteiger partial charge >= 0.3 is 11.6 Å². The van der Waals surface area contributed by atoms with Crippen molar-refractivity contribution in [2.45, 2.75) is 18.0 Å². The van der Waals surface area contributed by atoms with E-state index in [9.17, 15) is 19.5 Å². The maximum atomic E-state index is 13.1. The van der Waals surface area contributed by atoms with Gasteiger partial charge in [0, 0.05) is 36.0 Å². The minimum absolute atomic E-state index is 0.0810. The number of aromatic nitrogens is 5. The van der Waals surface area contributed by atoms with Crippen molar-refractivity contribution in [3.63, 3.8) is 0 Å². The van der Waals surface area contributed by atoms with Crippen LogP contribution in [0.4, 0.5) is 10.9 Å². The molecule has 0 radical (unpaired) electrons. The number of carboxylic acid groups (broad SMARTS) is 1. The normalized spacial score (nSPS) is 19.3. The molecule has 0 aromatic carbocycles. The first-order valence-electron chi connectivity index (χ1n) is 10.9. The number of nitrogens with zero attached hydrogens (tertiary/aromatic N) is 7. The summed E-state index contributed by atoms with van der Waals surface area (Å²) in [4.78, 5) is 48.4. The van der Waals surface area contributed by atoms with E-state index in [1.165, 1.54) is 23.8 Å². The van der Waals surface area contributed by atoms with Gasteiger partial charge in [0.25, 0.3) is 11.8 Å². The molecule has 16 nitrogen and oxygen atoms in total. The van der Waals surface area contributed by atoms with E-state index in [0.717, 1.165) is 11.5 Å². The Morgan fingerprint density at radius 1 is 1.37 bits per heavy atom. The number of nitrogens with one attached hydrogen (secondary N) is 1. The number of carbonyl (C=O) groups excluding carboxylic acids is 2. The van der Waals surface area contributed by atoms with Crippen LogP contribution in [-0.4, -0.2) is 83.5 Å². The Morgan fingerprint density at radius 3 is 2.89 bits per heavy atom. The van der Waals surface area contributed by atoms with Gasteiger partial charge in [0.1, 0.15) is 29.9 Å². The molecule has 3 aromatic rings. The molecule has 2 amide bonds. The second kappa shape index (κ2) is 10.2. The summed E-state index contributed by atoms with van der Waals surface area (Å²) in [6.45, 7) is -0.0198. The Kier molecular flexibility index (Phi) is 6.83. The molecular weight excluding hydrogens is 540 g/mol. The van der Waals surface area contributed by atoms with E-state index in [1.807, 2.05) is 4.57 Å². The largest absolute Gasteiger partial charge is 0.477 e. The first kappa shape index (κ1) is 25.4. The molecule has 5 heterocycles. The molecule has 0 unspecified atom stereocenters. The van der Waals surface area contributed by atoms with E-state index in [2.05, 4.69) is 24.9 Å². The highest BCUT2D eigenvalue weighted by atomic mass is 32.2. The van der Waals surface area contributed by atoms with Crippen molar-refractivity contribution in [3.8, 4) is 0 Å². The van der Waals surface area contributed by atoms with Crippen molar-refractivity contribution in [2.24, 2.45) is 5.16 Å². The summed E-state index contributed by atoms with van der Waals surface area (Å²) in [6.07, 6.45) is 3.45. The number of rotatable bonds is 9. The van der Waals surface area contributed by atoms with E-state index in [1.54, 1.807) is 29.0 Å². The number of carboxylic acids is 1. The summed E-state index contributed by atoms with van der Waals surface area (Å²) in [7, 11) is 1.38. The molecule has 0 aliphatic carbocycles. The highest BCUT2D eigenvalue weighted by Crippen LogP contribution is 2.40. The smallest absolute Gasteiger partial charge is 0.352 e. The van der Waals surface area contributed by atoms with Crippen LogP contribution >= 0.6 is 23.3 Å². The summed E-state index contributed by atoms with van der Waals surface area (Å²) < 4.78 is 12.1. The Bertz CT molecular complexity index is 1500. The van der Waals surface area contributed by atoms with E-state index in [-0.39, 0.29) is 35.7 Å². The fourth-order valence-corrected chi connectivity index (χ4v) is 5.78. The number of nitrogens with two attached hydrogens (primary N) is 2. The number of imidazole rings is 1. The zero-order valence-corrected chi connectivity index (χ0v) is 21.3. The number of thioether (sulfide) groups is 1. The number of oxime groups is 1. The van der Waals surface area contributed by atoms with Gasteiger partial charge in [-0.25, -0.2) is 9.36 Å². The van der Waals surface area contributed by atoms with E-state index >= 15 is 0 Å². The summed E-state index contributed by atoms with van der Waals surface area (Å²) in [5.74, 6) is -2.03. The van der Waals surface area contributed by atoms with Gasteiger partial charge in [-0.15, -0.1) is 11.8 Å². The molecule has 3 aromatic heterocycles. The van der Waals surface area contributed by atoms with Crippen molar-refractivity contribution < 1.29 is 33.6 Å². The van der Waals surface area contributed by atoms with Crippen molar-refractivity contribution in [2.75, 3.05) is 31.1 Å². The quantitative estimate of drug-likeness (QED) is 0.0580. The van der Waals surface area contributed by atoms with Gasteiger partial charge in [-0.2, -0.15) is 9.36 Å². The first-order valence-corrected chi connectivity index (χ1v) is 12.7. The lowest BCUT2D eigenvalue weighted by atomic mass is 10.0. The van der Waals surface area contributed by atoms with Crippen molar-refractivity contribution in [1.82, 2.24) is 29.2 Å². The fourth-order valence-electron chi connectivity index (χ4n) is 4.01. The monoisotopic (exact) mass is 561 g/mol. The number of hydrogen-bond donors (Lipinski definition) is 4. The number of fused-ring (bicyclic) bond motifs is 2. The third-order valence-electron chi connectivity index (χ3n) is 5.64. The predicted molar refractivity (Wildman–Crippen MR) is 133 cm³/mol. The van der Waals surface area contributed by atoms with Crippen LogP contribution in [0.5, 0.6) is 0 Å². The molecule has 18 heteroatoms. The minimum atomic E-state index is -1.24. The van der Waals surface area contributed by atoms with Crippen LogP contribution < -0.4 is 21.4 Å². The van der Waals surface area contributed by atoms with Crippen molar-refractivity contribution in [1.29, 1.82) is 0 Å². The maximum absolute atomic E-state index is 13.1. The zero-order valence-electron chi connectivity index (χ0n) is 19.7. The summed E-state index contributed by atoms with van der Waals surface area (Å²) in [5.41, 5.74) is 12.2. The second-order valence-corrected chi connectivity index (χ2v) is 9.93. The highest BCUT2D eigenvalue weighted by Gasteiger charge is 2.54. The first-order chi connectivity index (χ1) is 18.3. The Balaban J connectivity index is 1.36. The Morgan fingerprint density at radius 2 is 2.18 bits per heavy atom. The number of aliphatic carboxylic acids is 1. The molecule has 2 aliphatic heterocycles. The molecule has 2 aliphatic rings. The number of ether oxygens (including phenoxy) is 1. The number of anilines is 2. The van der Waals surface area contributed by atoms with Crippen LogP contribution in [0.2, 0.25) is 0 Å². The van der Waals surface area contributed by atoms with Gasteiger partial charge in [0.15, 0.2) is 17.1 Å². The van der Waals surface area contributed by atoms with Crippen molar-refractivity contribution in [3.05, 3.63) is 41.6 Å². The third-order valence-corrected chi connectivity index (χ3v) is 7.52. The number of amides is 2. The third kappa shape index (κ3) is 4.59. The van der Waals surface area contributed by atoms with Gasteiger partial charge in [-0.3, -0.25) is 14.5 Å². The Labute approximate surface area is 222 Å². The lowest BCUT2D eigenvalue weighted by Crippen LogP contribution is -2.71. The summed E-state index contributed by atoms with van der Waals surface area (Å²) in [6, 6.07) is 2.41. The molecule has 38 heavy (non-hydrogen) atoms. The van der Waals surface area contributed by atoms with Gasteiger partial charge in [0.2, 0.25) is 18.3 Å². The average Bonchev–Trinajstić information content (AvgIpc) is 3.50. The SMILES string of the molecule is COCO/N=C(\C(=O)N[C@@H]1C(=O)N2C(C(=O)O)=C(C[n+]3ccn4nc(N)ccc43)CS[C@H]12)c1nsc(N)n1. The molecule has 1 saturated heterocycles. The molecule has 198 valence electrons. The summed E-state index contributed by atoms with van der Waals surface area (Å²) in [5, 5.41) is 20.0. The molecule has 0 spiro atoms. The topological polar surface area (TPSA) is 217 Å². The Hall–Kier alpha value is -4.29. The molecular formula is C20H21N10O6S2+. The number of methoxy groups -OCH3 is 1. The maximum Gasteiger partial charge on any atom is 0.352 e. The van der Waals surface area contributed by atoms with Crippen LogP contribution in [0, 0.1) is 0 Å². The average molecular weight is 562 g/mol. The fraction of sp³-hybridized carbons (Fsp3) is 0.300. The van der Waals surface area contributed by atoms with Crippen molar-refractivity contribution >= 4 is 63.4 Å². The minimum Gasteiger partial charge on any atom is -0.477 e. The van der Waals surface area contributed by atoms with Gasteiger partial charge < -0.3 is 31.5 Å². The van der Waals surface area contributed by atoms with Gasteiger partial charge in [0.05, 0.1) is 0 Å². The molecule has 0 bridgehead atoms. The summed E-state index contributed by atoms with van der Waals surface area (Å²) >= 11 is 2.19. The standard InChI is InChI=1S/C20H20N10O6S2/c1-35-8-36-26-12(15-24-20(22)38-27-15)16(31)23-13-17(32)30-14(19(33)34)9(7-37-18(13)30)6-28-4-5-29-11(28)3-2-10(21)25-29/h2-5,13,18H,6-8H2,1H3,(H5-,21,22,23,24,25,27,31,33,34)/p+1/b26-12-/t13-,18-/m1/s1. The molecule has 6 N–H and O–H groups in total. The van der Waals surface area contributed by atoms with Crippen LogP contribution in [0.25, 0.3) is 5.65 Å². The number of hydrogen-bond acceptors (Lipinski definition) is 13. The highest BCUT2D eigenvalue weighted by molar-refractivity contribution is 8.00.